The van der Waals surface area contributed by atoms with Crippen molar-refractivity contribution in [1.29, 1.82) is 0 Å². The number of esters is 1. The molecule has 3 rings (SSSR count). The number of halogens is 1. The van der Waals surface area contributed by atoms with Crippen molar-refractivity contribution in [3.63, 3.8) is 0 Å². The molecule has 1 heterocycles. The number of ether oxygens (including phenoxy) is 3. The van der Waals surface area contributed by atoms with Crippen LogP contribution in [0.1, 0.15) is 11.1 Å². The van der Waals surface area contributed by atoms with E-state index in [1.165, 1.54) is 12.1 Å². The smallest absolute Gasteiger partial charge is 0.343 e. The number of carbonyl (C=O) groups is 1. The molecule has 0 saturated carbocycles. The van der Waals surface area contributed by atoms with Crippen molar-refractivity contribution in [1.82, 2.24) is 0 Å². The van der Waals surface area contributed by atoms with Gasteiger partial charge >= 0.3 is 5.97 Å². The third-order valence-electron chi connectivity index (χ3n) is 3.61. The first-order chi connectivity index (χ1) is 11.6. The van der Waals surface area contributed by atoms with Crippen molar-refractivity contribution in [3.05, 3.63) is 71.1 Å². The summed E-state index contributed by atoms with van der Waals surface area (Å²) in [4.78, 5) is 12.1. The van der Waals surface area contributed by atoms with Gasteiger partial charge in [0, 0.05) is 17.2 Å². The van der Waals surface area contributed by atoms with Crippen LogP contribution in [0.4, 0.5) is 4.39 Å². The Hall–Kier alpha value is -3.08. The third kappa shape index (κ3) is 3.15. The Balaban J connectivity index is 1.95. The Morgan fingerprint density at radius 1 is 1.04 bits per heavy atom. The minimum atomic E-state index is -0.466. The van der Waals surface area contributed by atoms with Crippen LogP contribution in [0.2, 0.25) is 0 Å². The van der Waals surface area contributed by atoms with Gasteiger partial charge in [-0.3, -0.25) is 0 Å². The Kier molecular flexibility index (Phi) is 4.33. The van der Waals surface area contributed by atoms with Crippen LogP contribution in [0.15, 0.2) is 54.1 Å². The van der Waals surface area contributed by atoms with Crippen molar-refractivity contribution in [3.8, 4) is 11.5 Å². The van der Waals surface area contributed by atoms with E-state index < -0.39 is 5.97 Å². The first kappa shape index (κ1) is 15.8. The lowest BCUT2D eigenvalue weighted by Gasteiger charge is -2.07. The highest BCUT2D eigenvalue weighted by molar-refractivity contribution is 6.05. The summed E-state index contributed by atoms with van der Waals surface area (Å²) in [5.74, 6) is 0.817. The molecular formula is C19H15FO4. The van der Waals surface area contributed by atoms with Gasteiger partial charge in [0.15, 0.2) is 0 Å². The van der Waals surface area contributed by atoms with Crippen LogP contribution >= 0.6 is 0 Å². The minimum absolute atomic E-state index is 0.345. The lowest BCUT2D eigenvalue weighted by atomic mass is 10.1. The summed E-state index contributed by atoms with van der Waals surface area (Å²) in [5.41, 5.74) is 1.74. The molecule has 0 fully saturated rings. The number of hydrogen-bond donors (Lipinski definition) is 0. The fourth-order valence-electron chi connectivity index (χ4n) is 2.35. The molecule has 0 N–H and O–H groups in total. The Labute approximate surface area is 138 Å². The Morgan fingerprint density at radius 3 is 2.46 bits per heavy atom. The van der Waals surface area contributed by atoms with Crippen LogP contribution in [0, 0.1) is 5.82 Å². The fraction of sp³-hybridized carbons (Fsp3) is 0.105. The third-order valence-corrected chi connectivity index (χ3v) is 3.61. The van der Waals surface area contributed by atoms with E-state index in [2.05, 4.69) is 0 Å². The number of cyclic esters (lactones) is 1. The zero-order valence-corrected chi connectivity index (χ0v) is 13.2. The van der Waals surface area contributed by atoms with E-state index in [4.69, 9.17) is 14.2 Å². The number of methoxy groups -OCH3 is 2. The molecule has 0 unspecified atom stereocenters. The van der Waals surface area contributed by atoms with Crippen molar-refractivity contribution < 1.29 is 23.4 Å². The van der Waals surface area contributed by atoms with E-state index in [1.807, 2.05) is 0 Å². The zero-order chi connectivity index (χ0) is 17.1. The second-order valence-electron chi connectivity index (χ2n) is 5.11. The predicted octanol–water partition coefficient (Wildman–Crippen LogP) is 3.82. The maximum atomic E-state index is 13.0. The summed E-state index contributed by atoms with van der Waals surface area (Å²) in [7, 11) is 3.11. The summed E-state index contributed by atoms with van der Waals surface area (Å²) >= 11 is 0. The molecule has 0 radical (unpaired) electrons. The summed E-state index contributed by atoms with van der Waals surface area (Å²) in [6.07, 6.45) is 3.30. The van der Waals surface area contributed by atoms with Crippen molar-refractivity contribution in [2.45, 2.75) is 0 Å². The molecule has 2 aromatic rings. The maximum absolute atomic E-state index is 13.0. The van der Waals surface area contributed by atoms with Gasteiger partial charge < -0.3 is 14.2 Å². The van der Waals surface area contributed by atoms with E-state index >= 15 is 0 Å². The topological polar surface area (TPSA) is 44.8 Å². The zero-order valence-electron chi connectivity index (χ0n) is 13.2. The molecule has 0 amide bonds. The van der Waals surface area contributed by atoms with Gasteiger partial charge in [0.1, 0.15) is 23.1 Å². The lowest BCUT2D eigenvalue weighted by molar-refractivity contribution is -0.130. The molecule has 5 heteroatoms. The van der Waals surface area contributed by atoms with E-state index in [0.29, 0.717) is 28.4 Å². The van der Waals surface area contributed by atoms with E-state index in [-0.39, 0.29) is 5.82 Å². The SMILES string of the molecule is COc1ccc(/C=C2\C=C(c3ccc(F)cc3)OC2=O)c(OC)c1. The molecule has 1 aliphatic rings. The highest BCUT2D eigenvalue weighted by Gasteiger charge is 2.22. The molecular weight excluding hydrogens is 311 g/mol. The summed E-state index contributed by atoms with van der Waals surface area (Å²) in [6.45, 7) is 0. The normalized spacial score (nSPS) is 15.2. The van der Waals surface area contributed by atoms with Gasteiger partial charge in [-0.05, 0) is 48.6 Å². The van der Waals surface area contributed by atoms with Crippen LogP contribution in [0.25, 0.3) is 11.8 Å². The Bertz CT molecular complexity index is 835. The number of benzene rings is 2. The van der Waals surface area contributed by atoms with E-state index in [1.54, 1.807) is 56.7 Å². The molecule has 2 aromatic carbocycles. The Morgan fingerprint density at radius 2 is 1.79 bits per heavy atom. The molecule has 1 aliphatic heterocycles. The lowest BCUT2D eigenvalue weighted by Crippen LogP contribution is -1.98. The first-order valence-corrected chi connectivity index (χ1v) is 7.24. The molecule has 0 aromatic heterocycles. The van der Waals surface area contributed by atoms with Crippen LogP contribution in [-0.4, -0.2) is 20.2 Å². The van der Waals surface area contributed by atoms with Crippen molar-refractivity contribution in [2.24, 2.45) is 0 Å². The summed E-state index contributed by atoms with van der Waals surface area (Å²) < 4.78 is 28.7. The van der Waals surface area contributed by atoms with Crippen LogP contribution in [-0.2, 0) is 9.53 Å². The first-order valence-electron chi connectivity index (χ1n) is 7.24. The van der Waals surface area contributed by atoms with E-state index in [9.17, 15) is 9.18 Å². The molecule has 4 nitrogen and oxygen atoms in total. The summed E-state index contributed by atoms with van der Waals surface area (Å²) in [6, 6.07) is 11.1. The van der Waals surface area contributed by atoms with Crippen molar-refractivity contribution in [2.75, 3.05) is 14.2 Å². The highest BCUT2D eigenvalue weighted by atomic mass is 19.1. The van der Waals surface area contributed by atoms with Gasteiger partial charge in [-0.15, -0.1) is 0 Å². The maximum Gasteiger partial charge on any atom is 0.343 e. The molecule has 122 valence electrons. The van der Waals surface area contributed by atoms with Crippen LogP contribution in [0.5, 0.6) is 11.5 Å². The molecule has 0 saturated heterocycles. The second-order valence-corrected chi connectivity index (χ2v) is 5.11. The molecule has 0 spiro atoms. The van der Waals surface area contributed by atoms with Crippen LogP contribution < -0.4 is 9.47 Å². The van der Waals surface area contributed by atoms with E-state index in [0.717, 1.165) is 5.56 Å². The molecule has 0 aliphatic carbocycles. The average molecular weight is 326 g/mol. The molecule has 24 heavy (non-hydrogen) atoms. The van der Waals surface area contributed by atoms with Gasteiger partial charge in [0.25, 0.3) is 0 Å². The number of carbonyl (C=O) groups excluding carboxylic acids is 1. The van der Waals surface area contributed by atoms with Gasteiger partial charge in [-0.1, -0.05) is 0 Å². The van der Waals surface area contributed by atoms with Gasteiger partial charge in [-0.2, -0.15) is 0 Å². The standard InChI is InChI=1S/C19H15FO4/c1-22-16-8-5-13(17(11-16)23-2)9-14-10-18(24-19(14)21)12-3-6-15(20)7-4-12/h3-11H,1-2H3/b14-9+. The van der Waals surface area contributed by atoms with Crippen LogP contribution in [0.3, 0.4) is 0 Å². The second kappa shape index (κ2) is 6.58. The minimum Gasteiger partial charge on any atom is -0.497 e. The van der Waals surface area contributed by atoms with Gasteiger partial charge in [0.2, 0.25) is 0 Å². The fourth-order valence-corrected chi connectivity index (χ4v) is 2.35. The molecule has 0 bridgehead atoms. The number of rotatable bonds is 4. The predicted molar refractivity (Wildman–Crippen MR) is 88.0 cm³/mol. The molecule has 0 atom stereocenters. The summed E-state index contributed by atoms with van der Waals surface area (Å²) in [5, 5.41) is 0. The van der Waals surface area contributed by atoms with Gasteiger partial charge in [-0.25, -0.2) is 9.18 Å². The largest absolute Gasteiger partial charge is 0.497 e. The average Bonchev–Trinajstić information content (AvgIpc) is 2.96. The highest BCUT2D eigenvalue weighted by Crippen LogP contribution is 2.31. The van der Waals surface area contributed by atoms with Crippen molar-refractivity contribution >= 4 is 17.8 Å². The monoisotopic (exact) mass is 326 g/mol. The quantitative estimate of drug-likeness (QED) is 0.633. The number of hydrogen-bond acceptors (Lipinski definition) is 4. The van der Waals surface area contributed by atoms with Gasteiger partial charge in [0.05, 0.1) is 19.8 Å².